The van der Waals surface area contributed by atoms with Gasteiger partial charge in [0.25, 0.3) is 6.43 Å². The maximum absolute atomic E-state index is 12.8. The molecule has 0 bridgehead atoms. The molecule has 0 fully saturated rings. The number of halogens is 3. The van der Waals surface area contributed by atoms with E-state index in [2.05, 4.69) is 4.98 Å². The summed E-state index contributed by atoms with van der Waals surface area (Å²) < 4.78 is 37.4. The van der Waals surface area contributed by atoms with Gasteiger partial charge in [0.15, 0.2) is 12.1 Å². The Morgan fingerprint density at radius 1 is 1.57 bits per heavy atom. The summed E-state index contributed by atoms with van der Waals surface area (Å²) in [6, 6.07) is 1.27. The van der Waals surface area contributed by atoms with Crippen LogP contribution < -0.4 is 0 Å². The van der Waals surface area contributed by atoms with E-state index >= 15 is 0 Å². The molecule has 1 heterocycles. The largest absolute Gasteiger partial charge is 0.296 e. The SMILES string of the molecule is N#Cc1c(F)cnc(C=O)c1C(F)F. The first-order valence-corrected chi connectivity index (χ1v) is 3.43. The van der Waals surface area contributed by atoms with Crippen LogP contribution in [0.1, 0.15) is 28.0 Å². The standard InChI is InChI=1S/C8H3F3N2O/c9-5-2-13-6(3-14)7(8(10)11)4(5)1-12/h2-3,8H. The molecule has 0 aliphatic rings. The predicted molar refractivity (Wildman–Crippen MR) is 39.3 cm³/mol. The number of rotatable bonds is 2. The summed E-state index contributed by atoms with van der Waals surface area (Å²) in [5.74, 6) is -1.16. The zero-order chi connectivity index (χ0) is 10.7. The molecule has 0 aliphatic carbocycles. The second-order valence-corrected chi connectivity index (χ2v) is 2.31. The number of aromatic nitrogens is 1. The maximum Gasteiger partial charge on any atom is 0.267 e. The second kappa shape index (κ2) is 3.87. The minimum absolute atomic E-state index is 0.0573. The van der Waals surface area contributed by atoms with E-state index in [0.717, 1.165) is 0 Å². The van der Waals surface area contributed by atoms with E-state index in [1.54, 1.807) is 0 Å². The Morgan fingerprint density at radius 2 is 2.21 bits per heavy atom. The molecule has 14 heavy (non-hydrogen) atoms. The van der Waals surface area contributed by atoms with Gasteiger partial charge in [-0.25, -0.2) is 18.2 Å². The molecular formula is C8H3F3N2O. The molecule has 72 valence electrons. The van der Waals surface area contributed by atoms with Gasteiger partial charge in [0.05, 0.1) is 11.8 Å². The number of aldehydes is 1. The number of alkyl halides is 2. The summed E-state index contributed by atoms with van der Waals surface area (Å²) in [4.78, 5) is 13.4. The molecule has 1 aromatic rings. The third-order valence-electron chi connectivity index (χ3n) is 1.54. The maximum atomic E-state index is 12.8. The number of pyridine rings is 1. The molecule has 0 N–H and O–H groups in total. The molecule has 0 spiro atoms. The molecule has 0 saturated heterocycles. The fourth-order valence-electron chi connectivity index (χ4n) is 0.945. The van der Waals surface area contributed by atoms with E-state index in [-0.39, 0.29) is 6.29 Å². The Balaban J connectivity index is 3.54. The van der Waals surface area contributed by atoms with Crippen LogP contribution in [-0.4, -0.2) is 11.3 Å². The van der Waals surface area contributed by atoms with Gasteiger partial charge in [-0.15, -0.1) is 0 Å². The van der Waals surface area contributed by atoms with Crippen LogP contribution in [-0.2, 0) is 0 Å². The molecule has 1 aromatic heterocycles. The van der Waals surface area contributed by atoms with Crippen LogP contribution in [0.2, 0.25) is 0 Å². The lowest BCUT2D eigenvalue weighted by Crippen LogP contribution is -2.03. The van der Waals surface area contributed by atoms with E-state index in [1.807, 2.05) is 0 Å². The highest BCUT2D eigenvalue weighted by Gasteiger charge is 2.22. The van der Waals surface area contributed by atoms with Gasteiger partial charge in [-0.05, 0) is 0 Å². The van der Waals surface area contributed by atoms with Crippen LogP contribution in [0.3, 0.4) is 0 Å². The van der Waals surface area contributed by atoms with Crippen molar-refractivity contribution in [1.82, 2.24) is 4.98 Å². The minimum atomic E-state index is -3.10. The highest BCUT2D eigenvalue weighted by molar-refractivity contribution is 5.75. The fraction of sp³-hybridized carbons (Fsp3) is 0.125. The molecule has 0 radical (unpaired) electrons. The first-order valence-electron chi connectivity index (χ1n) is 3.43. The van der Waals surface area contributed by atoms with Crippen LogP contribution in [0.4, 0.5) is 13.2 Å². The number of nitrogens with zero attached hydrogens (tertiary/aromatic N) is 2. The summed E-state index contributed by atoms with van der Waals surface area (Å²) in [5.41, 5.74) is -2.41. The number of carbonyl (C=O) groups excluding carboxylic acids is 1. The summed E-state index contributed by atoms with van der Waals surface area (Å²) in [5, 5.41) is 8.40. The number of carbonyl (C=O) groups is 1. The zero-order valence-electron chi connectivity index (χ0n) is 6.67. The van der Waals surface area contributed by atoms with Gasteiger partial charge < -0.3 is 0 Å². The number of hydrogen-bond donors (Lipinski definition) is 0. The lowest BCUT2D eigenvalue weighted by molar-refractivity contribution is 0.110. The molecular weight excluding hydrogens is 197 g/mol. The first kappa shape index (κ1) is 10.2. The topological polar surface area (TPSA) is 53.8 Å². The molecule has 3 nitrogen and oxygen atoms in total. The van der Waals surface area contributed by atoms with Crippen molar-refractivity contribution in [2.75, 3.05) is 0 Å². The van der Waals surface area contributed by atoms with Crippen molar-refractivity contribution in [3.63, 3.8) is 0 Å². The fourth-order valence-corrected chi connectivity index (χ4v) is 0.945. The summed E-state index contributed by atoms with van der Waals surface area (Å²) in [7, 11) is 0. The van der Waals surface area contributed by atoms with Crippen LogP contribution >= 0.6 is 0 Å². The van der Waals surface area contributed by atoms with E-state index in [1.165, 1.54) is 6.07 Å². The third kappa shape index (κ3) is 1.57. The molecule has 0 saturated carbocycles. The Morgan fingerprint density at radius 3 is 2.64 bits per heavy atom. The van der Waals surface area contributed by atoms with E-state index < -0.39 is 29.1 Å². The molecule has 0 atom stereocenters. The smallest absolute Gasteiger partial charge is 0.267 e. The van der Waals surface area contributed by atoms with Gasteiger partial charge in [-0.1, -0.05) is 0 Å². The Bertz CT molecular complexity index is 412. The zero-order valence-corrected chi connectivity index (χ0v) is 6.67. The van der Waals surface area contributed by atoms with E-state index in [4.69, 9.17) is 5.26 Å². The third-order valence-corrected chi connectivity index (χ3v) is 1.54. The molecule has 0 aliphatic heterocycles. The lowest BCUT2D eigenvalue weighted by atomic mass is 10.1. The predicted octanol–water partition coefficient (Wildman–Crippen LogP) is 1.84. The summed E-state index contributed by atoms with van der Waals surface area (Å²) >= 11 is 0. The van der Waals surface area contributed by atoms with Crippen molar-refractivity contribution in [1.29, 1.82) is 5.26 Å². The van der Waals surface area contributed by atoms with Crippen molar-refractivity contribution in [3.8, 4) is 6.07 Å². The highest BCUT2D eigenvalue weighted by atomic mass is 19.3. The molecule has 0 aromatic carbocycles. The van der Waals surface area contributed by atoms with Crippen LogP contribution in [0.5, 0.6) is 0 Å². The van der Waals surface area contributed by atoms with Crippen LogP contribution in [0.25, 0.3) is 0 Å². The summed E-state index contributed by atoms with van der Waals surface area (Å²) in [6.45, 7) is 0. The van der Waals surface area contributed by atoms with Gasteiger partial charge in [0, 0.05) is 0 Å². The summed E-state index contributed by atoms with van der Waals surface area (Å²) in [6.07, 6.45) is -2.48. The molecule has 0 amide bonds. The van der Waals surface area contributed by atoms with Crippen LogP contribution in [0.15, 0.2) is 6.20 Å². The van der Waals surface area contributed by atoms with Gasteiger partial charge in [-0.3, -0.25) is 4.79 Å². The van der Waals surface area contributed by atoms with Crippen molar-refractivity contribution < 1.29 is 18.0 Å². The monoisotopic (exact) mass is 200 g/mol. The molecule has 1 rings (SSSR count). The Labute approximate surface area is 76.8 Å². The quantitative estimate of drug-likeness (QED) is 0.684. The normalized spacial score (nSPS) is 9.93. The van der Waals surface area contributed by atoms with Crippen molar-refractivity contribution in [2.45, 2.75) is 6.43 Å². The van der Waals surface area contributed by atoms with Gasteiger partial charge >= 0.3 is 0 Å². The molecule has 0 unspecified atom stereocenters. The molecule has 6 heteroatoms. The Kier molecular flexibility index (Phi) is 2.82. The number of hydrogen-bond acceptors (Lipinski definition) is 3. The average Bonchev–Trinajstić information content (AvgIpc) is 2.17. The Hall–Kier alpha value is -1.90. The van der Waals surface area contributed by atoms with E-state index in [0.29, 0.717) is 6.20 Å². The van der Waals surface area contributed by atoms with Crippen molar-refractivity contribution >= 4 is 6.29 Å². The minimum Gasteiger partial charge on any atom is -0.296 e. The van der Waals surface area contributed by atoms with Gasteiger partial charge in [-0.2, -0.15) is 5.26 Å². The van der Waals surface area contributed by atoms with E-state index in [9.17, 15) is 18.0 Å². The van der Waals surface area contributed by atoms with Crippen molar-refractivity contribution in [3.05, 3.63) is 28.8 Å². The second-order valence-electron chi connectivity index (χ2n) is 2.31. The number of nitriles is 1. The van der Waals surface area contributed by atoms with Gasteiger partial charge in [0.2, 0.25) is 0 Å². The van der Waals surface area contributed by atoms with Gasteiger partial charge in [0.1, 0.15) is 17.3 Å². The van der Waals surface area contributed by atoms with Crippen molar-refractivity contribution in [2.24, 2.45) is 0 Å². The average molecular weight is 200 g/mol. The first-order chi connectivity index (χ1) is 6.61. The van der Waals surface area contributed by atoms with Crippen LogP contribution in [0, 0.1) is 17.1 Å². The lowest BCUT2D eigenvalue weighted by Gasteiger charge is -2.04. The highest BCUT2D eigenvalue weighted by Crippen LogP contribution is 2.25.